The van der Waals surface area contributed by atoms with E-state index in [1.165, 1.54) is 7.11 Å². The zero-order chi connectivity index (χ0) is 18.9. The lowest BCUT2D eigenvalue weighted by molar-refractivity contribution is 0.0600. The highest BCUT2D eigenvalue weighted by Crippen LogP contribution is 2.18. The van der Waals surface area contributed by atoms with E-state index in [2.05, 4.69) is 15.4 Å². The summed E-state index contributed by atoms with van der Waals surface area (Å²) in [7, 11) is 1.32. The molecule has 26 heavy (non-hydrogen) atoms. The summed E-state index contributed by atoms with van der Waals surface area (Å²) in [6, 6.07) is 13.5. The normalized spacial score (nSPS) is 9.92. The maximum Gasteiger partial charge on any atom is 0.337 e. The third-order valence-electron chi connectivity index (χ3n) is 3.38. The molecule has 0 radical (unpaired) electrons. The number of esters is 1. The summed E-state index contributed by atoms with van der Waals surface area (Å²) >= 11 is 5.17. The standard InChI is InChI=1S/C19H20N2O4S/c1-3-12-25-16-7-5-4-6-15(16)17(22)21-19(26)20-14-10-8-13(9-11-14)18(23)24-2/h4-11H,3,12H2,1-2H3,(H2,20,21,22,26). The molecule has 0 aliphatic heterocycles. The van der Waals surface area contributed by atoms with Crippen molar-refractivity contribution in [3.8, 4) is 5.75 Å². The number of anilines is 1. The van der Waals surface area contributed by atoms with Crippen LogP contribution >= 0.6 is 12.2 Å². The first-order chi connectivity index (χ1) is 12.5. The molecule has 2 rings (SSSR count). The Hall–Kier alpha value is -2.93. The number of amides is 1. The monoisotopic (exact) mass is 372 g/mol. The van der Waals surface area contributed by atoms with Crippen molar-refractivity contribution in [2.24, 2.45) is 0 Å². The lowest BCUT2D eigenvalue weighted by Crippen LogP contribution is -2.34. The molecule has 0 saturated carbocycles. The summed E-state index contributed by atoms with van der Waals surface area (Å²) in [6.07, 6.45) is 0.845. The van der Waals surface area contributed by atoms with E-state index in [4.69, 9.17) is 17.0 Å². The van der Waals surface area contributed by atoms with E-state index >= 15 is 0 Å². The Morgan fingerprint density at radius 3 is 2.42 bits per heavy atom. The molecule has 0 bridgehead atoms. The van der Waals surface area contributed by atoms with Gasteiger partial charge in [-0.2, -0.15) is 0 Å². The summed E-state index contributed by atoms with van der Waals surface area (Å²) in [5, 5.41) is 5.66. The molecular formula is C19H20N2O4S. The summed E-state index contributed by atoms with van der Waals surface area (Å²) in [5.74, 6) is -0.270. The molecule has 2 N–H and O–H groups in total. The fraction of sp³-hybridized carbons (Fsp3) is 0.211. The largest absolute Gasteiger partial charge is 0.493 e. The fourth-order valence-corrected chi connectivity index (χ4v) is 2.34. The molecule has 0 spiro atoms. The van der Waals surface area contributed by atoms with Crippen LogP contribution in [0.2, 0.25) is 0 Å². The minimum atomic E-state index is -0.420. The Bertz CT molecular complexity index is 790. The second-order valence-corrected chi connectivity index (χ2v) is 5.73. The molecule has 7 heteroatoms. The SMILES string of the molecule is CCCOc1ccccc1C(=O)NC(=S)Nc1ccc(C(=O)OC)cc1. The second-order valence-electron chi connectivity index (χ2n) is 5.32. The van der Waals surface area contributed by atoms with Crippen LogP contribution in [0.1, 0.15) is 34.1 Å². The number of para-hydroxylation sites is 1. The van der Waals surface area contributed by atoms with Gasteiger partial charge in [-0.1, -0.05) is 19.1 Å². The third kappa shape index (κ3) is 5.29. The van der Waals surface area contributed by atoms with Gasteiger partial charge >= 0.3 is 5.97 Å². The van der Waals surface area contributed by atoms with E-state index in [-0.39, 0.29) is 11.0 Å². The van der Waals surface area contributed by atoms with Crippen molar-refractivity contribution in [1.82, 2.24) is 5.32 Å². The van der Waals surface area contributed by atoms with Crippen LogP contribution in [0.3, 0.4) is 0 Å². The van der Waals surface area contributed by atoms with Gasteiger partial charge in [0, 0.05) is 5.69 Å². The van der Waals surface area contributed by atoms with Gasteiger partial charge in [0.25, 0.3) is 5.91 Å². The highest BCUT2D eigenvalue weighted by Gasteiger charge is 2.13. The summed E-state index contributed by atoms with van der Waals surface area (Å²) in [5.41, 5.74) is 1.47. The zero-order valence-corrected chi connectivity index (χ0v) is 15.4. The van der Waals surface area contributed by atoms with Crippen LogP contribution in [0.4, 0.5) is 5.69 Å². The number of carbonyl (C=O) groups excluding carboxylic acids is 2. The van der Waals surface area contributed by atoms with Crippen LogP contribution < -0.4 is 15.4 Å². The first-order valence-corrected chi connectivity index (χ1v) is 8.48. The van der Waals surface area contributed by atoms with E-state index in [0.29, 0.717) is 29.2 Å². The number of benzene rings is 2. The van der Waals surface area contributed by atoms with E-state index in [1.54, 1.807) is 48.5 Å². The number of carbonyl (C=O) groups is 2. The van der Waals surface area contributed by atoms with Gasteiger partial charge in [-0.15, -0.1) is 0 Å². The van der Waals surface area contributed by atoms with Gasteiger partial charge in [0.2, 0.25) is 0 Å². The molecule has 0 aliphatic rings. The second kappa shape index (κ2) is 9.53. The third-order valence-corrected chi connectivity index (χ3v) is 3.59. The maximum absolute atomic E-state index is 12.4. The minimum absolute atomic E-state index is 0.145. The Labute approximate surface area is 157 Å². The zero-order valence-electron chi connectivity index (χ0n) is 14.6. The molecule has 1 amide bonds. The van der Waals surface area contributed by atoms with E-state index < -0.39 is 5.97 Å². The van der Waals surface area contributed by atoms with Crippen molar-refractivity contribution in [2.45, 2.75) is 13.3 Å². The Morgan fingerprint density at radius 2 is 1.77 bits per heavy atom. The molecule has 0 aliphatic carbocycles. The fourth-order valence-electron chi connectivity index (χ4n) is 2.13. The van der Waals surface area contributed by atoms with Crippen molar-refractivity contribution in [1.29, 1.82) is 0 Å². The molecule has 0 fully saturated rings. The van der Waals surface area contributed by atoms with Crippen molar-refractivity contribution < 1.29 is 19.1 Å². The van der Waals surface area contributed by atoms with Gasteiger partial charge in [-0.3, -0.25) is 10.1 Å². The van der Waals surface area contributed by atoms with Crippen molar-refractivity contribution >= 4 is 34.9 Å². The van der Waals surface area contributed by atoms with Gasteiger partial charge in [-0.05, 0) is 55.0 Å². The molecular weight excluding hydrogens is 352 g/mol. The summed E-state index contributed by atoms with van der Waals surface area (Å²) < 4.78 is 10.2. The molecule has 0 atom stereocenters. The molecule has 136 valence electrons. The lowest BCUT2D eigenvalue weighted by Gasteiger charge is -2.13. The highest BCUT2D eigenvalue weighted by molar-refractivity contribution is 7.80. The number of hydrogen-bond acceptors (Lipinski definition) is 5. The molecule has 2 aromatic carbocycles. The van der Waals surface area contributed by atoms with E-state index in [0.717, 1.165) is 6.42 Å². The Morgan fingerprint density at radius 1 is 1.08 bits per heavy atom. The van der Waals surface area contributed by atoms with Gasteiger partial charge in [0.1, 0.15) is 5.75 Å². The van der Waals surface area contributed by atoms with Crippen LogP contribution in [0, 0.1) is 0 Å². The predicted octanol–water partition coefficient (Wildman–Crippen LogP) is 3.39. The average Bonchev–Trinajstić information content (AvgIpc) is 2.66. The van der Waals surface area contributed by atoms with E-state index in [9.17, 15) is 9.59 Å². The van der Waals surface area contributed by atoms with Crippen LogP contribution in [0.25, 0.3) is 0 Å². The Kier molecular flexibility index (Phi) is 7.11. The van der Waals surface area contributed by atoms with Crippen LogP contribution in [-0.2, 0) is 4.74 Å². The highest BCUT2D eigenvalue weighted by atomic mass is 32.1. The van der Waals surface area contributed by atoms with E-state index in [1.807, 2.05) is 6.92 Å². The Balaban J connectivity index is 1.99. The summed E-state index contributed by atoms with van der Waals surface area (Å²) in [6.45, 7) is 2.52. The molecule has 0 unspecified atom stereocenters. The molecule has 6 nitrogen and oxygen atoms in total. The lowest BCUT2D eigenvalue weighted by atomic mass is 10.2. The topological polar surface area (TPSA) is 76.7 Å². The first-order valence-electron chi connectivity index (χ1n) is 8.07. The smallest absolute Gasteiger partial charge is 0.337 e. The van der Waals surface area contributed by atoms with Crippen LogP contribution in [0.5, 0.6) is 5.75 Å². The van der Waals surface area contributed by atoms with Gasteiger partial charge < -0.3 is 14.8 Å². The van der Waals surface area contributed by atoms with Gasteiger partial charge in [0.15, 0.2) is 5.11 Å². The molecule has 0 heterocycles. The van der Waals surface area contributed by atoms with Crippen LogP contribution in [-0.4, -0.2) is 30.7 Å². The first kappa shape index (κ1) is 19.4. The minimum Gasteiger partial charge on any atom is -0.493 e. The number of ether oxygens (including phenoxy) is 2. The van der Waals surface area contributed by atoms with Gasteiger partial charge in [-0.25, -0.2) is 4.79 Å². The maximum atomic E-state index is 12.4. The van der Waals surface area contributed by atoms with Crippen LogP contribution in [0.15, 0.2) is 48.5 Å². The number of methoxy groups -OCH3 is 1. The molecule has 0 saturated heterocycles. The number of thiocarbonyl (C=S) groups is 1. The average molecular weight is 372 g/mol. The predicted molar refractivity (Wildman–Crippen MR) is 104 cm³/mol. The molecule has 2 aromatic rings. The number of hydrogen-bond donors (Lipinski definition) is 2. The number of nitrogens with one attached hydrogen (secondary N) is 2. The van der Waals surface area contributed by atoms with Gasteiger partial charge in [0.05, 0.1) is 24.8 Å². The number of rotatable bonds is 6. The van der Waals surface area contributed by atoms with Crippen molar-refractivity contribution in [2.75, 3.05) is 19.0 Å². The molecule has 0 aromatic heterocycles. The van der Waals surface area contributed by atoms with Crippen molar-refractivity contribution in [3.05, 3.63) is 59.7 Å². The quantitative estimate of drug-likeness (QED) is 0.598. The summed E-state index contributed by atoms with van der Waals surface area (Å²) in [4.78, 5) is 23.9. The van der Waals surface area contributed by atoms with Crippen molar-refractivity contribution in [3.63, 3.8) is 0 Å².